The van der Waals surface area contributed by atoms with Crippen molar-refractivity contribution in [2.24, 2.45) is 0 Å². The molecule has 0 unspecified atom stereocenters. The highest BCUT2D eigenvalue weighted by Gasteiger charge is 2.08. The van der Waals surface area contributed by atoms with Gasteiger partial charge in [0.1, 0.15) is 11.5 Å². The Labute approximate surface area is 144 Å². The molecule has 3 aromatic carbocycles. The molecule has 0 aliphatic heterocycles. The van der Waals surface area contributed by atoms with Crippen LogP contribution in [0.2, 0.25) is 0 Å². The van der Waals surface area contributed by atoms with Crippen LogP contribution in [0.3, 0.4) is 0 Å². The molecule has 0 bridgehead atoms. The van der Waals surface area contributed by atoms with Crippen LogP contribution in [-0.4, -0.2) is 25.4 Å². The lowest BCUT2D eigenvalue weighted by Crippen LogP contribution is -1.83. The molecule has 4 rings (SSSR count). The summed E-state index contributed by atoms with van der Waals surface area (Å²) in [4.78, 5) is 4.51. The standard InChI is InChI=1S/C20H15N3O2/c24-17-10-8-15(9-11-17)20-21-19(22-23-20)14-6-4-13(5-7-14)16-2-1-3-18(25)12-16/h1-12,24-25H,(H,21,22,23). The van der Waals surface area contributed by atoms with E-state index >= 15 is 0 Å². The average molecular weight is 329 g/mol. The van der Waals surface area contributed by atoms with Crippen LogP contribution in [0.5, 0.6) is 11.5 Å². The molecule has 0 radical (unpaired) electrons. The Balaban J connectivity index is 1.61. The fourth-order valence-corrected chi connectivity index (χ4v) is 2.64. The number of phenols is 2. The van der Waals surface area contributed by atoms with Crippen molar-refractivity contribution in [1.82, 2.24) is 15.2 Å². The second kappa shape index (κ2) is 6.13. The van der Waals surface area contributed by atoms with Crippen molar-refractivity contribution < 1.29 is 10.2 Å². The number of aromatic nitrogens is 3. The third-order valence-corrected chi connectivity index (χ3v) is 3.95. The molecule has 1 aromatic heterocycles. The summed E-state index contributed by atoms with van der Waals surface area (Å²) in [5.74, 6) is 1.70. The molecular weight excluding hydrogens is 314 g/mol. The summed E-state index contributed by atoms with van der Waals surface area (Å²) in [6, 6.07) is 21.8. The number of benzene rings is 3. The van der Waals surface area contributed by atoms with Crippen LogP contribution in [0.25, 0.3) is 33.9 Å². The summed E-state index contributed by atoms with van der Waals surface area (Å²) in [6.07, 6.45) is 0. The molecule has 0 aliphatic carbocycles. The Bertz CT molecular complexity index is 1010. The van der Waals surface area contributed by atoms with E-state index in [0.717, 1.165) is 22.3 Å². The number of hydrogen-bond donors (Lipinski definition) is 3. The maximum atomic E-state index is 9.60. The minimum atomic E-state index is 0.210. The molecular formula is C20H15N3O2. The van der Waals surface area contributed by atoms with Gasteiger partial charge in [-0.3, -0.25) is 5.10 Å². The molecule has 0 saturated heterocycles. The van der Waals surface area contributed by atoms with Gasteiger partial charge in [0.15, 0.2) is 11.6 Å². The van der Waals surface area contributed by atoms with E-state index in [9.17, 15) is 10.2 Å². The van der Waals surface area contributed by atoms with Crippen molar-refractivity contribution in [3.63, 3.8) is 0 Å². The summed E-state index contributed by atoms with van der Waals surface area (Å²) in [5.41, 5.74) is 3.71. The second-order valence-electron chi connectivity index (χ2n) is 5.68. The minimum absolute atomic E-state index is 0.210. The number of phenolic OH excluding ortho intramolecular Hbond substituents is 2. The molecule has 3 N–H and O–H groups in total. The summed E-state index contributed by atoms with van der Waals surface area (Å²) >= 11 is 0. The number of aromatic amines is 1. The molecule has 4 aromatic rings. The first-order valence-corrected chi connectivity index (χ1v) is 7.81. The van der Waals surface area contributed by atoms with Crippen molar-refractivity contribution in [2.75, 3.05) is 0 Å². The van der Waals surface area contributed by atoms with Crippen molar-refractivity contribution in [3.05, 3.63) is 72.8 Å². The van der Waals surface area contributed by atoms with Gasteiger partial charge in [-0.1, -0.05) is 36.4 Å². The van der Waals surface area contributed by atoms with Gasteiger partial charge >= 0.3 is 0 Å². The summed E-state index contributed by atoms with van der Waals surface area (Å²) in [6.45, 7) is 0. The fourth-order valence-electron chi connectivity index (χ4n) is 2.64. The van der Waals surface area contributed by atoms with Gasteiger partial charge in [0, 0.05) is 11.1 Å². The molecule has 0 fully saturated rings. The number of hydrogen-bond acceptors (Lipinski definition) is 4. The lowest BCUT2D eigenvalue weighted by Gasteiger charge is -2.03. The van der Waals surface area contributed by atoms with Crippen molar-refractivity contribution in [1.29, 1.82) is 0 Å². The molecule has 0 amide bonds. The van der Waals surface area contributed by atoms with Crippen LogP contribution in [0.15, 0.2) is 72.8 Å². The molecule has 0 aliphatic rings. The number of rotatable bonds is 3. The van der Waals surface area contributed by atoms with E-state index in [0.29, 0.717) is 11.6 Å². The summed E-state index contributed by atoms with van der Waals surface area (Å²) in [5, 5.41) is 26.1. The Morgan fingerprint density at radius 1 is 0.640 bits per heavy atom. The van der Waals surface area contributed by atoms with Crippen LogP contribution in [0.1, 0.15) is 0 Å². The topological polar surface area (TPSA) is 82.0 Å². The van der Waals surface area contributed by atoms with E-state index in [2.05, 4.69) is 15.2 Å². The van der Waals surface area contributed by atoms with Gasteiger partial charge in [0.05, 0.1) is 0 Å². The fraction of sp³-hybridized carbons (Fsp3) is 0. The zero-order chi connectivity index (χ0) is 17.2. The van der Waals surface area contributed by atoms with E-state index in [1.54, 1.807) is 36.4 Å². The van der Waals surface area contributed by atoms with Crippen molar-refractivity contribution in [2.45, 2.75) is 0 Å². The Kier molecular flexibility index (Phi) is 3.67. The zero-order valence-corrected chi connectivity index (χ0v) is 13.2. The average Bonchev–Trinajstić information content (AvgIpc) is 3.13. The predicted octanol–water partition coefficient (Wildman–Crippen LogP) is 4.22. The van der Waals surface area contributed by atoms with E-state index in [1.807, 2.05) is 36.4 Å². The highest BCUT2D eigenvalue weighted by Crippen LogP contribution is 2.26. The molecule has 0 saturated carbocycles. The van der Waals surface area contributed by atoms with Crippen LogP contribution in [0.4, 0.5) is 0 Å². The highest BCUT2D eigenvalue weighted by atomic mass is 16.3. The summed E-state index contributed by atoms with van der Waals surface area (Å²) in [7, 11) is 0. The first-order chi connectivity index (χ1) is 12.2. The molecule has 0 spiro atoms. The number of aromatic hydroxyl groups is 2. The number of nitrogens with one attached hydrogen (secondary N) is 1. The third-order valence-electron chi connectivity index (χ3n) is 3.95. The van der Waals surface area contributed by atoms with Gasteiger partial charge in [-0.25, -0.2) is 4.98 Å². The van der Waals surface area contributed by atoms with Gasteiger partial charge < -0.3 is 10.2 Å². The van der Waals surface area contributed by atoms with E-state index in [-0.39, 0.29) is 11.5 Å². The Morgan fingerprint density at radius 2 is 1.32 bits per heavy atom. The second-order valence-corrected chi connectivity index (χ2v) is 5.68. The molecule has 0 atom stereocenters. The Hall–Kier alpha value is -3.60. The smallest absolute Gasteiger partial charge is 0.181 e. The van der Waals surface area contributed by atoms with Gasteiger partial charge in [-0.05, 0) is 47.5 Å². The molecule has 5 nitrogen and oxygen atoms in total. The first-order valence-electron chi connectivity index (χ1n) is 7.81. The summed E-state index contributed by atoms with van der Waals surface area (Å²) < 4.78 is 0. The van der Waals surface area contributed by atoms with Gasteiger partial charge in [-0.2, -0.15) is 5.10 Å². The molecule has 122 valence electrons. The lowest BCUT2D eigenvalue weighted by molar-refractivity contribution is 0.475. The molecule has 5 heteroatoms. The maximum Gasteiger partial charge on any atom is 0.181 e. The van der Waals surface area contributed by atoms with Crippen LogP contribution >= 0.6 is 0 Å². The van der Waals surface area contributed by atoms with Gasteiger partial charge in [0.2, 0.25) is 0 Å². The quantitative estimate of drug-likeness (QED) is 0.526. The van der Waals surface area contributed by atoms with Crippen LogP contribution in [0, 0.1) is 0 Å². The van der Waals surface area contributed by atoms with Gasteiger partial charge in [-0.15, -0.1) is 0 Å². The van der Waals surface area contributed by atoms with Crippen molar-refractivity contribution in [3.8, 4) is 45.4 Å². The van der Waals surface area contributed by atoms with E-state index in [1.165, 1.54) is 0 Å². The number of H-pyrrole nitrogens is 1. The van der Waals surface area contributed by atoms with Crippen molar-refractivity contribution >= 4 is 0 Å². The van der Waals surface area contributed by atoms with Gasteiger partial charge in [0.25, 0.3) is 0 Å². The normalized spacial score (nSPS) is 10.7. The van der Waals surface area contributed by atoms with Crippen LogP contribution in [-0.2, 0) is 0 Å². The largest absolute Gasteiger partial charge is 0.508 e. The maximum absolute atomic E-state index is 9.60. The number of nitrogens with zero attached hydrogens (tertiary/aromatic N) is 2. The first kappa shape index (κ1) is 15.0. The highest BCUT2D eigenvalue weighted by molar-refractivity contribution is 5.69. The Morgan fingerprint density at radius 3 is 2.04 bits per heavy atom. The minimum Gasteiger partial charge on any atom is -0.508 e. The van der Waals surface area contributed by atoms with E-state index < -0.39 is 0 Å². The van der Waals surface area contributed by atoms with E-state index in [4.69, 9.17) is 0 Å². The zero-order valence-electron chi connectivity index (χ0n) is 13.2. The van der Waals surface area contributed by atoms with Crippen LogP contribution < -0.4 is 0 Å². The third kappa shape index (κ3) is 3.07. The molecule has 1 heterocycles. The predicted molar refractivity (Wildman–Crippen MR) is 96.0 cm³/mol. The molecule has 25 heavy (non-hydrogen) atoms. The SMILES string of the molecule is Oc1ccc(-c2n[nH]c(-c3ccc(-c4cccc(O)c4)cc3)n2)cc1. The monoisotopic (exact) mass is 329 g/mol. The lowest BCUT2D eigenvalue weighted by atomic mass is 10.0.